The summed E-state index contributed by atoms with van der Waals surface area (Å²) in [6.07, 6.45) is 4.47. The van der Waals surface area contributed by atoms with Gasteiger partial charge >= 0.3 is 0 Å². The van der Waals surface area contributed by atoms with Crippen molar-refractivity contribution in [2.24, 2.45) is 0 Å². The van der Waals surface area contributed by atoms with Crippen molar-refractivity contribution in [3.8, 4) is 5.75 Å². The third-order valence-corrected chi connectivity index (χ3v) is 5.12. The molecule has 0 aromatic heterocycles. The van der Waals surface area contributed by atoms with Gasteiger partial charge in [-0.05, 0) is 56.8 Å². The Morgan fingerprint density at radius 1 is 1.32 bits per heavy atom. The van der Waals surface area contributed by atoms with Gasteiger partial charge in [-0.3, -0.25) is 4.79 Å². The second-order valence-electron chi connectivity index (χ2n) is 5.72. The number of methoxy groups -OCH3 is 1. The fourth-order valence-corrected chi connectivity index (χ4v) is 2.97. The number of nitrogens with one attached hydrogen (secondary N) is 1. The number of carbonyl (C=O) groups excluding carboxylic acids is 1. The van der Waals surface area contributed by atoms with E-state index in [1.165, 1.54) is 12.8 Å². The smallest absolute Gasteiger partial charge is 0.233 e. The van der Waals surface area contributed by atoms with Crippen molar-refractivity contribution in [1.82, 2.24) is 10.2 Å². The van der Waals surface area contributed by atoms with Crippen LogP contribution in [0.3, 0.4) is 0 Å². The van der Waals surface area contributed by atoms with Gasteiger partial charge in [0.2, 0.25) is 5.91 Å². The Labute approximate surface area is 137 Å². The van der Waals surface area contributed by atoms with Gasteiger partial charge in [0.15, 0.2) is 0 Å². The van der Waals surface area contributed by atoms with E-state index in [4.69, 9.17) is 4.74 Å². The van der Waals surface area contributed by atoms with Crippen LogP contribution in [-0.4, -0.2) is 49.1 Å². The molecule has 1 aliphatic heterocycles. The van der Waals surface area contributed by atoms with Gasteiger partial charge in [-0.15, -0.1) is 0 Å². The van der Waals surface area contributed by atoms with Crippen LogP contribution in [0.1, 0.15) is 31.4 Å². The molecule has 0 spiro atoms. The molecule has 1 amide bonds. The maximum absolute atomic E-state index is 12.3. The molecule has 22 heavy (non-hydrogen) atoms. The zero-order chi connectivity index (χ0) is 15.9. The molecule has 122 valence electrons. The molecule has 1 aliphatic rings. The summed E-state index contributed by atoms with van der Waals surface area (Å²) >= 11 is 1.57. The van der Waals surface area contributed by atoms with Gasteiger partial charge in [-0.1, -0.05) is 12.1 Å². The van der Waals surface area contributed by atoms with Crippen LogP contribution in [0.4, 0.5) is 0 Å². The number of nitrogens with zero attached hydrogens (tertiary/aromatic N) is 1. The molecule has 0 bridgehead atoms. The molecular weight excluding hydrogens is 296 g/mol. The standard InChI is InChI=1S/C17H26N2O2S/c1-13(22-3)17(20)18-16(12-19-10-4-5-11-19)14-6-8-15(21-2)9-7-14/h6-9,13,16H,4-5,10-12H2,1-3H3,(H,18,20)/t13-,16-/m0/s1. The highest BCUT2D eigenvalue weighted by molar-refractivity contribution is 7.99. The van der Waals surface area contributed by atoms with Crippen LogP contribution in [0.2, 0.25) is 0 Å². The molecule has 1 fully saturated rings. The van der Waals surface area contributed by atoms with Crippen molar-refractivity contribution in [3.05, 3.63) is 29.8 Å². The predicted octanol–water partition coefficient (Wildman–Crippen LogP) is 2.70. The molecule has 1 aromatic carbocycles. The van der Waals surface area contributed by atoms with Gasteiger partial charge in [0, 0.05) is 6.54 Å². The third kappa shape index (κ3) is 4.65. The number of amides is 1. The van der Waals surface area contributed by atoms with E-state index in [9.17, 15) is 4.79 Å². The number of thioether (sulfide) groups is 1. The van der Waals surface area contributed by atoms with E-state index in [0.29, 0.717) is 0 Å². The number of hydrogen-bond donors (Lipinski definition) is 1. The van der Waals surface area contributed by atoms with E-state index in [1.54, 1.807) is 18.9 Å². The van der Waals surface area contributed by atoms with E-state index >= 15 is 0 Å². The SMILES string of the molecule is COc1ccc([C@H](CN2CCCC2)NC(=O)[C@H](C)SC)cc1. The Balaban J connectivity index is 2.10. The molecule has 0 saturated carbocycles. The number of rotatable bonds is 7. The summed E-state index contributed by atoms with van der Waals surface area (Å²) < 4.78 is 5.22. The molecular formula is C17H26N2O2S. The quantitative estimate of drug-likeness (QED) is 0.838. The van der Waals surface area contributed by atoms with Gasteiger partial charge in [-0.2, -0.15) is 11.8 Å². The molecule has 4 nitrogen and oxygen atoms in total. The summed E-state index contributed by atoms with van der Waals surface area (Å²) in [5, 5.41) is 3.18. The molecule has 0 aliphatic carbocycles. The molecule has 1 N–H and O–H groups in total. The largest absolute Gasteiger partial charge is 0.497 e. The number of ether oxygens (including phenoxy) is 1. The molecule has 2 atom stereocenters. The number of hydrogen-bond acceptors (Lipinski definition) is 4. The lowest BCUT2D eigenvalue weighted by Crippen LogP contribution is -2.40. The van der Waals surface area contributed by atoms with Gasteiger partial charge in [0.05, 0.1) is 18.4 Å². The minimum Gasteiger partial charge on any atom is -0.497 e. The van der Waals surface area contributed by atoms with Crippen LogP contribution < -0.4 is 10.1 Å². The highest BCUT2D eigenvalue weighted by atomic mass is 32.2. The van der Waals surface area contributed by atoms with Crippen molar-refractivity contribution in [3.63, 3.8) is 0 Å². The number of benzene rings is 1. The first kappa shape index (κ1) is 17.2. The Hall–Kier alpha value is -1.20. The molecule has 5 heteroatoms. The summed E-state index contributed by atoms with van der Waals surface area (Å²) in [7, 11) is 1.67. The average molecular weight is 322 g/mol. The van der Waals surface area contributed by atoms with Gasteiger partial charge in [-0.25, -0.2) is 0 Å². The first-order valence-electron chi connectivity index (χ1n) is 7.83. The van der Waals surface area contributed by atoms with Crippen molar-refractivity contribution >= 4 is 17.7 Å². The first-order chi connectivity index (χ1) is 10.6. The van der Waals surface area contributed by atoms with Crippen LogP contribution in [0.25, 0.3) is 0 Å². The topological polar surface area (TPSA) is 41.6 Å². The predicted molar refractivity (Wildman–Crippen MR) is 92.5 cm³/mol. The van der Waals surface area contributed by atoms with Crippen molar-refractivity contribution < 1.29 is 9.53 Å². The molecule has 1 heterocycles. The number of carbonyl (C=O) groups is 1. The zero-order valence-corrected chi connectivity index (χ0v) is 14.5. The van der Waals surface area contributed by atoms with E-state index in [-0.39, 0.29) is 17.2 Å². The lowest BCUT2D eigenvalue weighted by molar-refractivity contribution is -0.121. The van der Waals surface area contributed by atoms with E-state index < -0.39 is 0 Å². The second-order valence-corrected chi connectivity index (χ2v) is 6.90. The normalized spacial score (nSPS) is 18.0. The molecule has 1 saturated heterocycles. The lowest BCUT2D eigenvalue weighted by atomic mass is 10.1. The highest BCUT2D eigenvalue weighted by Crippen LogP contribution is 2.21. The maximum Gasteiger partial charge on any atom is 0.233 e. The molecule has 0 radical (unpaired) electrons. The maximum atomic E-state index is 12.3. The van der Waals surface area contributed by atoms with Crippen LogP contribution >= 0.6 is 11.8 Å². The zero-order valence-electron chi connectivity index (χ0n) is 13.7. The van der Waals surface area contributed by atoms with Crippen LogP contribution in [0.5, 0.6) is 5.75 Å². The monoisotopic (exact) mass is 322 g/mol. The van der Waals surface area contributed by atoms with Crippen molar-refractivity contribution in [1.29, 1.82) is 0 Å². The van der Waals surface area contributed by atoms with Crippen molar-refractivity contribution in [2.75, 3.05) is 33.0 Å². The number of likely N-dealkylation sites (tertiary alicyclic amines) is 1. The first-order valence-corrected chi connectivity index (χ1v) is 9.12. The second kappa shape index (κ2) is 8.44. The summed E-state index contributed by atoms with van der Waals surface area (Å²) in [4.78, 5) is 14.7. The lowest BCUT2D eigenvalue weighted by Gasteiger charge is -2.26. The third-order valence-electron chi connectivity index (χ3n) is 4.20. The van der Waals surface area contributed by atoms with Crippen LogP contribution in [0.15, 0.2) is 24.3 Å². The van der Waals surface area contributed by atoms with E-state index in [2.05, 4.69) is 10.2 Å². The van der Waals surface area contributed by atoms with Gasteiger partial charge < -0.3 is 15.0 Å². The summed E-state index contributed by atoms with van der Waals surface area (Å²) in [5.41, 5.74) is 1.13. The Bertz CT molecular complexity index is 472. The summed E-state index contributed by atoms with van der Waals surface area (Å²) in [6.45, 7) is 5.07. The minimum absolute atomic E-state index is 0.0284. The van der Waals surface area contributed by atoms with Crippen LogP contribution in [-0.2, 0) is 4.79 Å². The Morgan fingerprint density at radius 2 is 1.95 bits per heavy atom. The van der Waals surface area contributed by atoms with Crippen molar-refractivity contribution in [2.45, 2.75) is 31.1 Å². The Kier molecular flexibility index (Phi) is 6.58. The fourth-order valence-electron chi connectivity index (χ4n) is 2.69. The van der Waals surface area contributed by atoms with E-state index in [0.717, 1.165) is 30.9 Å². The Morgan fingerprint density at radius 3 is 2.50 bits per heavy atom. The van der Waals surface area contributed by atoms with E-state index in [1.807, 2.05) is 37.4 Å². The molecule has 0 unspecified atom stereocenters. The fraction of sp³-hybridized carbons (Fsp3) is 0.588. The average Bonchev–Trinajstić information content (AvgIpc) is 3.06. The summed E-state index contributed by atoms with van der Waals surface area (Å²) in [6, 6.07) is 8.03. The van der Waals surface area contributed by atoms with Gasteiger partial charge in [0.25, 0.3) is 0 Å². The van der Waals surface area contributed by atoms with Gasteiger partial charge in [0.1, 0.15) is 5.75 Å². The summed E-state index contributed by atoms with van der Waals surface area (Å²) in [5.74, 6) is 0.944. The minimum atomic E-state index is -0.0284. The molecule has 2 rings (SSSR count). The molecule has 1 aromatic rings. The van der Waals surface area contributed by atoms with Crippen LogP contribution in [0, 0.1) is 0 Å². The highest BCUT2D eigenvalue weighted by Gasteiger charge is 2.22.